The van der Waals surface area contributed by atoms with E-state index in [1.54, 1.807) is 0 Å². The van der Waals surface area contributed by atoms with Crippen LogP contribution in [0.3, 0.4) is 0 Å². The zero-order valence-electron chi connectivity index (χ0n) is 6.64. The number of aliphatic hydroxyl groups is 1. The van der Waals surface area contributed by atoms with Crippen molar-refractivity contribution in [1.29, 1.82) is 0 Å². The average molecular weight is 143 g/mol. The molecule has 0 radical (unpaired) electrons. The lowest BCUT2D eigenvalue weighted by Crippen LogP contribution is -2.35. The Morgan fingerprint density at radius 2 is 2.10 bits per heavy atom. The number of likely N-dealkylation sites (N-methyl/N-ethyl adjacent to an activating group) is 1. The maximum absolute atomic E-state index is 8.92. The predicted octanol–water partition coefficient (Wildman–Crippen LogP) is 0.757. The fraction of sp³-hybridized carbons (Fsp3) is 1.00. The molecule has 0 aliphatic heterocycles. The number of nitrogens with one attached hydrogen (secondary N) is 1. The maximum atomic E-state index is 8.92. The molecule has 0 spiro atoms. The standard InChI is InChI=1S/C8H17NO/c1-9-8(6-10)7-4-2-3-5-7/h7-10H,2-6H2,1H3/t8-/m1/s1. The van der Waals surface area contributed by atoms with Gasteiger partial charge in [-0.25, -0.2) is 0 Å². The van der Waals surface area contributed by atoms with E-state index in [1.165, 1.54) is 25.7 Å². The summed E-state index contributed by atoms with van der Waals surface area (Å²) < 4.78 is 0. The molecule has 0 aromatic carbocycles. The lowest BCUT2D eigenvalue weighted by atomic mass is 9.99. The zero-order valence-corrected chi connectivity index (χ0v) is 6.64. The molecule has 0 bridgehead atoms. The first-order valence-corrected chi connectivity index (χ1v) is 4.16. The molecule has 2 heteroatoms. The molecule has 2 nitrogen and oxygen atoms in total. The molecule has 2 N–H and O–H groups in total. The molecule has 1 fully saturated rings. The minimum atomic E-state index is 0.293. The van der Waals surface area contributed by atoms with Gasteiger partial charge in [-0.3, -0.25) is 0 Å². The van der Waals surface area contributed by atoms with Crippen LogP contribution in [0.5, 0.6) is 0 Å². The Morgan fingerprint density at radius 1 is 1.50 bits per heavy atom. The van der Waals surface area contributed by atoms with Crippen LogP contribution in [0, 0.1) is 5.92 Å². The van der Waals surface area contributed by atoms with Gasteiger partial charge in [0.05, 0.1) is 6.61 Å². The first kappa shape index (κ1) is 8.02. The molecule has 0 aromatic rings. The molecule has 1 saturated carbocycles. The van der Waals surface area contributed by atoms with Gasteiger partial charge in [-0.05, 0) is 25.8 Å². The number of hydrogen-bond donors (Lipinski definition) is 2. The van der Waals surface area contributed by atoms with Crippen molar-refractivity contribution < 1.29 is 5.11 Å². The SMILES string of the molecule is CN[C@H](CO)C1CCCC1. The van der Waals surface area contributed by atoms with Crippen LogP contribution in [0.25, 0.3) is 0 Å². The van der Waals surface area contributed by atoms with E-state index < -0.39 is 0 Å². The molecule has 0 heterocycles. The van der Waals surface area contributed by atoms with Crippen molar-refractivity contribution >= 4 is 0 Å². The number of rotatable bonds is 3. The third-order valence-corrected chi connectivity index (χ3v) is 2.54. The van der Waals surface area contributed by atoms with Gasteiger partial charge in [0, 0.05) is 6.04 Å². The topological polar surface area (TPSA) is 32.3 Å². The molecule has 0 unspecified atom stereocenters. The van der Waals surface area contributed by atoms with E-state index in [0.717, 1.165) is 5.92 Å². The van der Waals surface area contributed by atoms with Gasteiger partial charge in [0.1, 0.15) is 0 Å². The fourth-order valence-corrected chi connectivity index (χ4v) is 1.84. The van der Waals surface area contributed by atoms with Gasteiger partial charge in [0.15, 0.2) is 0 Å². The summed E-state index contributed by atoms with van der Waals surface area (Å²) in [5.41, 5.74) is 0. The highest BCUT2D eigenvalue weighted by Gasteiger charge is 2.22. The van der Waals surface area contributed by atoms with Crippen LogP contribution in [0.1, 0.15) is 25.7 Å². The summed E-state index contributed by atoms with van der Waals surface area (Å²) in [7, 11) is 1.93. The lowest BCUT2D eigenvalue weighted by Gasteiger charge is -2.19. The van der Waals surface area contributed by atoms with Crippen LogP contribution in [0.2, 0.25) is 0 Å². The maximum Gasteiger partial charge on any atom is 0.0587 e. The highest BCUT2D eigenvalue weighted by atomic mass is 16.3. The Bertz CT molecular complexity index is 85.3. The summed E-state index contributed by atoms with van der Waals surface area (Å²) >= 11 is 0. The Kier molecular flexibility index (Phi) is 3.16. The normalized spacial score (nSPS) is 23.4. The van der Waals surface area contributed by atoms with E-state index in [9.17, 15) is 0 Å². The Hall–Kier alpha value is -0.0800. The van der Waals surface area contributed by atoms with E-state index in [1.807, 2.05) is 7.05 Å². The highest BCUT2D eigenvalue weighted by Crippen LogP contribution is 2.27. The second kappa shape index (κ2) is 3.94. The second-order valence-electron chi connectivity index (χ2n) is 3.12. The molecule has 60 valence electrons. The fourth-order valence-electron chi connectivity index (χ4n) is 1.84. The molecular formula is C8H17NO. The van der Waals surface area contributed by atoms with Crippen LogP contribution in [0.15, 0.2) is 0 Å². The molecule has 1 aliphatic rings. The van der Waals surface area contributed by atoms with Gasteiger partial charge in [-0.15, -0.1) is 0 Å². The van der Waals surface area contributed by atoms with Gasteiger partial charge >= 0.3 is 0 Å². The first-order chi connectivity index (χ1) is 4.88. The minimum Gasteiger partial charge on any atom is -0.395 e. The Morgan fingerprint density at radius 3 is 2.50 bits per heavy atom. The van der Waals surface area contributed by atoms with Crippen LogP contribution in [-0.2, 0) is 0 Å². The predicted molar refractivity (Wildman–Crippen MR) is 41.9 cm³/mol. The summed E-state index contributed by atoms with van der Waals surface area (Å²) in [6.45, 7) is 0.293. The van der Waals surface area contributed by atoms with Crippen molar-refractivity contribution in [3.05, 3.63) is 0 Å². The van der Waals surface area contributed by atoms with Crippen LogP contribution in [-0.4, -0.2) is 24.8 Å². The molecule has 1 rings (SSSR count). The van der Waals surface area contributed by atoms with Crippen molar-refractivity contribution in [3.63, 3.8) is 0 Å². The highest BCUT2D eigenvalue weighted by molar-refractivity contribution is 4.78. The summed E-state index contributed by atoms with van der Waals surface area (Å²) in [6, 6.07) is 0.350. The quantitative estimate of drug-likeness (QED) is 0.611. The zero-order chi connectivity index (χ0) is 7.40. The van der Waals surface area contributed by atoms with Crippen LogP contribution in [0.4, 0.5) is 0 Å². The smallest absolute Gasteiger partial charge is 0.0587 e. The minimum absolute atomic E-state index is 0.293. The Balaban J connectivity index is 2.29. The molecule has 10 heavy (non-hydrogen) atoms. The number of aliphatic hydroxyl groups excluding tert-OH is 1. The first-order valence-electron chi connectivity index (χ1n) is 4.16. The summed E-state index contributed by atoms with van der Waals surface area (Å²) in [5.74, 6) is 0.731. The second-order valence-corrected chi connectivity index (χ2v) is 3.12. The summed E-state index contributed by atoms with van der Waals surface area (Å²) in [4.78, 5) is 0. The molecular weight excluding hydrogens is 126 g/mol. The van der Waals surface area contributed by atoms with Crippen molar-refractivity contribution in [2.75, 3.05) is 13.7 Å². The lowest BCUT2D eigenvalue weighted by molar-refractivity contribution is 0.206. The van der Waals surface area contributed by atoms with Gasteiger partial charge in [0.2, 0.25) is 0 Å². The summed E-state index contributed by atoms with van der Waals surface area (Å²) in [6.07, 6.45) is 5.30. The monoisotopic (exact) mass is 143 g/mol. The van der Waals surface area contributed by atoms with E-state index in [-0.39, 0.29) is 0 Å². The van der Waals surface area contributed by atoms with E-state index in [0.29, 0.717) is 12.6 Å². The largest absolute Gasteiger partial charge is 0.395 e. The Labute approximate surface area is 62.6 Å². The van der Waals surface area contributed by atoms with E-state index >= 15 is 0 Å². The molecule has 0 amide bonds. The van der Waals surface area contributed by atoms with Crippen molar-refractivity contribution in [2.45, 2.75) is 31.7 Å². The molecule has 1 aliphatic carbocycles. The molecule has 1 atom stereocenters. The van der Waals surface area contributed by atoms with Gasteiger partial charge in [-0.2, -0.15) is 0 Å². The van der Waals surface area contributed by atoms with E-state index in [4.69, 9.17) is 5.11 Å². The third-order valence-electron chi connectivity index (χ3n) is 2.54. The van der Waals surface area contributed by atoms with Crippen LogP contribution >= 0.6 is 0 Å². The van der Waals surface area contributed by atoms with Gasteiger partial charge < -0.3 is 10.4 Å². The summed E-state index contributed by atoms with van der Waals surface area (Å²) in [5, 5.41) is 12.1. The van der Waals surface area contributed by atoms with Gasteiger partial charge in [-0.1, -0.05) is 12.8 Å². The number of hydrogen-bond acceptors (Lipinski definition) is 2. The van der Waals surface area contributed by atoms with E-state index in [2.05, 4.69) is 5.32 Å². The van der Waals surface area contributed by atoms with Gasteiger partial charge in [0.25, 0.3) is 0 Å². The van der Waals surface area contributed by atoms with Crippen molar-refractivity contribution in [3.8, 4) is 0 Å². The van der Waals surface area contributed by atoms with Crippen molar-refractivity contribution in [1.82, 2.24) is 5.32 Å². The third kappa shape index (κ3) is 1.70. The molecule has 0 aromatic heterocycles. The van der Waals surface area contributed by atoms with Crippen molar-refractivity contribution in [2.24, 2.45) is 5.92 Å². The molecule has 0 saturated heterocycles. The average Bonchev–Trinajstić information content (AvgIpc) is 2.43. The van der Waals surface area contributed by atoms with Crippen LogP contribution < -0.4 is 5.32 Å².